The van der Waals surface area contributed by atoms with Crippen LogP contribution in [0.25, 0.3) is 0 Å². The molecule has 0 aromatic heterocycles. The van der Waals surface area contributed by atoms with Crippen LogP contribution in [0.2, 0.25) is 0 Å². The van der Waals surface area contributed by atoms with Crippen molar-refractivity contribution in [2.75, 3.05) is 33.3 Å². The van der Waals surface area contributed by atoms with Gasteiger partial charge in [-0.1, -0.05) is 0 Å². The molecule has 0 radical (unpaired) electrons. The molecule has 3 heterocycles. The summed E-state index contributed by atoms with van der Waals surface area (Å²) in [6.45, 7) is 2.12. The average Bonchev–Trinajstić information content (AvgIpc) is 2.67. The van der Waals surface area contributed by atoms with Gasteiger partial charge < -0.3 is 19.3 Å². The normalized spacial score (nSPS) is 23.7. The molecule has 3 rings (SSSR count). The van der Waals surface area contributed by atoms with Crippen molar-refractivity contribution in [2.24, 2.45) is 9.98 Å². The largest absolute Gasteiger partial charge is 0.465 e. The van der Waals surface area contributed by atoms with Crippen LogP contribution in [0, 0.1) is 0 Å². The molecule has 10 heteroatoms. The number of carbonyl (C=O) groups is 1. The summed E-state index contributed by atoms with van der Waals surface area (Å²) >= 11 is 0. The third-order valence-electron chi connectivity index (χ3n) is 4.82. The van der Waals surface area contributed by atoms with Crippen LogP contribution < -0.4 is 0 Å². The van der Waals surface area contributed by atoms with E-state index in [-0.39, 0.29) is 12.0 Å². The molecule has 0 atom stereocenters. The lowest BCUT2D eigenvalue weighted by Crippen LogP contribution is -2.57. The van der Waals surface area contributed by atoms with E-state index in [0.29, 0.717) is 26.2 Å². The molecule has 2 fully saturated rings. The van der Waals surface area contributed by atoms with Gasteiger partial charge in [-0.3, -0.25) is 0 Å². The molecule has 0 unspecified atom stereocenters. The number of nitrogens with zero attached hydrogens (tertiary/aromatic N) is 4. The van der Waals surface area contributed by atoms with Crippen molar-refractivity contribution in [3.63, 3.8) is 0 Å². The second-order valence-corrected chi connectivity index (χ2v) is 6.65. The molecule has 0 aliphatic carbocycles. The first kappa shape index (κ1) is 18.8. The smallest absolute Gasteiger partial charge is 0.446 e. The Morgan fingerprint density at radius 2 is 1.38 bits per heavy atom. The van der Waals surface area contributed by atoms with E-state index in [1.54, 1.807) is 9.80 Å². The third kappa shape index (κ3) is 3.45. The van der Waals surface area contributed by atoms with Gasteiger partial charge in [-0.25, -0.2) is 4.79 Å². The van der Waals surface area contributed by atoms with Crippen molar-refractivity contribution in [3.05, 3.63) is 0 Å². The summed E-state index contributed by atoms with van der Waals surface area (Å²) in [5, 5.41) is 0. The van der Waals surface area contributed by atoms with Gasteiger partial charge in [0.1, 0.15) is 0 Å². The number of aliphatic imine (C=N–C) groups is 2. The highest BCUT2D eigenvalue weighted by Gasteiger charge is 2.65. The van der Waals surface area contributed by atoms with Gasteiger partial charge in [-0.2, -0.15) is 23.2 Å². The van der Waals surface area contributed by atoms with E-state index in [1.807, 2.05) is 0 Å². The molecule has 0 spiro atoms. The van der Waals surface area contributed by atoms with Gasteiger partial charge in [-0.05, 0) is 38.5 Å². The Labute approximate surface area is 149 Å². The first-order valence-corrected chi connectivity index (χ1v) is 8.90. The molecular weight excluding hydrogens is 353 g/mol. The molecule has 0 aromatic rings. The minimum absolute atomic E-state index is 0.206. The number of likely N-dealkylation sites (tertiary alicyclic amines) is 2. The number of hydrogen-bond acceptors (Lipinski definition) is 7. The van der Waals surface area contributed by atoms with Gasteiger partial charge in [-0.15, -0.1) is 0 Å². The summed E-state index contributed by atoms with van der Waals surface area (Å²) < 4.78 is 51.8. The van der Waals surface area contributed by atoms with E-state index in [4.69, 9.17) is 4.74 Å². The highest BCUT2D eigenvalue weighted by molar-refractivity contribution is 5.97. The Morgan fingerprint density at radius 1 is 0.962 bits per heavy atom. The summed E-state index contributed by atoms with van der Waals surface area (Å²) in [5.41, 5.74) is -3.32. The zero-order valence-corrected chi connectivity index (χ0v) is 14.7. The van der Waals surface area contributed by atoms with Crippen LogP contribution in [0.1, 0.15) is 38.5 Å². The Bertz CT molecular complexity index is 560. The van der Waals surface area contributed by atoms with Crippen LogP contribution >= 0.6 is 0 Å². The highest BCUT2D eigenvalue weighted by atomic mass is 19.4. The lowest BCUT2D eigenvalue weighted by molar-refractivity contribution is -0.203. The van der Waals surface area contributed by atoms with E-state index in [9.17, 15) is 18.0 Å². The Hall–Kier alpha value is -2.00. The zero-order chi connectivity index (χ0) is 18.8. The first-order chi connectivity index (χ1) is 12.4. The number of esters is 1. The Kier molecular flexibility index (Phi) is 5.29. The number of halogens is 3. The number of methoxy groups -OCH3 is 1. The molecule has 146 valence electrons. The molecule has 3 aliphatic rings. The fourth-order valence-corrected chi connectivity index (χ4v) is 3.35. The summed E-state index contributed by atoms with van der Waals surface area (Å²) in [6.07, 6.45) is 0.278. The number of piperidine rings is 2. The van der Waals surface area contributed by atoms with E-state index >= 15 is 0 Å². The average molecular weight is 376 g/mol. The van der Waals surface area contributed by atoms with Gasteiger partial charge in [0.2, 0.25) is 0 Å². The van der Waals surface area contributed by atoms with Crippen LogP contribution in [-0.4, -0.2) is 72.9 Å². The van der Waals surface area contributed by atoms with Crippen LogP contribution in [0.15, 0.2) is 9.98 Å². The van der Waals surface area contributed by atoms with Crippen molar-refractivity contribution >= 4 is 18.0 Å². The molecule has 0 bridgehead atoms. The van der Waals surface area contributed by atoms with Crippen LogP contribution in [0.5, 0.6) is 0 Å². The molecule has 7 nitrogen and oxygen atoms in total. The lowest BCUT2D eigenvalue weighted by atomic mass is 10.1. The van der Waals surface area contributed by atoms with E-state index < -0.39 is 17.8 Å². The maximum Gasteiger partial charge on any atom is 0.446 e. The van der Waals surface area contributed by atoms with Crippen LogP contribution in [-0.2, 0) is 14.3 Å². The second kappa shape index (κ2) is 7.32. The standard InChI is InChI=1S/C16H23F3N4O3/c1-25-12(24)15(16(17,18)19)20-13(22-8-4-2-5-9-22)26-14(21-15)23-10-6-3-7-11-23/h2-11H2,1H3. The predicted octanol–water partition coefficient (Wildman–Crippen LogP) is 2.13. The number of alkyl halides is 3. The fourth-order valence-electron chi connectivity index (χ4n) is 3.35. The van der Waals surface area contributed by atoms with Crippen LogP contribution in [0.4, 0.5) is 13.2 Å². The molecule has 0 N–H and O–H groups in total. The SMILES string of the molecule is COC(=O)C1(C(F)(F)F)N=C(N2CCCCC2)OC(N2CCCCC2)=N1. The van der Waals surface area contributed by atoms with E-state index in [1.165, 1.54) is 0 Å². The quantitative estimate of drug-likeness (QED) is 0.656. The summed E-state index contributed by atoms with van der Waals surface area (Å²) in [6, 6.07) is -0.411. The number of rotatable bonds is 1. The zero-order valence-electron chi connectivity index (χ0n) is 14.7. The van der Waals surface area contributed by atoms with Crippen LogP contribution in [0.3, 0.4) is 0 Å². The Morgan fingerprint density at radius 3 is 1.73 bits per heavy atom. The van der Waals surface area contributed by atoms with Crippen molar-refractivity contribution < 1.29 is 27.4 Å². The lowest BCUT2D eigenvalue weighted by Gasteiger charge is -2.38. The molecular formula is C16H23F3N4O3. The number of hydrogen-bond donors (Lipinski definition) is 0. The molecule has 2 saturated heterocycles. The molecule has 0 saturated carbocycles. The topological polar surface area (TPSA) is 66.7 Å². The Balaban J connectivity index is 2.03. The maximum atomic E-state index is 13.9. The first-order valence-electron chi connectivity index (χ1n) is 8.90. The minimum Gasteiger partial charge on any atom is -0.465 e. The van der Waals surface area contributed by atoms with Crippen molar-refractivity contribution in [2.45, 2.75) is 50.4 Å². The highest BCUT2D eigenvalue weighted by Crippen LogP contribution is 2.39. The van der Waals surface area contributed by atoms with Gasteiger partial charge in [0.25, 0.3) is 12.0 Å². The number of carbonyl (C=O) groups excluding carboxylic acids is 1. The predicted molar refractivity (Wildman–Crippen MR) is 87.6 cm³/mol. The fraction of sp³-hybridized carbons (Fsp3) is 0.812. The second-order valence-electron chi connectivity index (χ2n) is 6.65. The van der Waals surface area contributed by atoms with Crippen molar-refractivity contribution in [3.8, 4) is 0 Å². The van der Waals surface area contributed by atoms with E-state index in [2.05, 4.69) is 14.7 Å². The van der Waals surface area contributed by atoms with Gasteiger partial charge in [0.05, 0.1) is 7.11 Å². The third-order valence-corrected chi connectivity index (χ3v) is 4.82. The maximum absolute atomic E-state index is 13.9. The number of ether oxygens (including phenoxy) is 2. The van der Waals surface area contributed by atoms with E-state index in [0.717, 1.165) is 45.6 Å². The monoisotopic (exact) mass is 376 g/mol. The van der Waals surface area contributed by atoms with Gasteiger partial charge in [0, 0.05) is 26.2 Å². The molecule has 26 heavy (non-hydrogen) atoms. The molecule has 0 amide bonds. The summed E-state index contributed by atoms with van der Waals surface area (Å²) in [4.78, 5) is 22.7. The molecule has 3 aliphatic heterocycles. The molecule has 0 aromatic carbocycles. The van der Waals surface area contributed by atoms with Gasteiger partial charge >= 0.3 is 17.8 Å². The summed E-state index contributed by atoms with van der Waals surface area (Å²) in [5.74, 6) is -1.56. The number of amidine groups is 2. The minimum atomic E-state index is -5.04. The van der Waals surface area contributed by atoms with Gasteiger partial charge in [0.15, 0.2) is 0 Å². The summed E-state index contributed by atoms with van der Waals surface area (Å²) in [7, 11) is 0.900. The van der Waals surface area contributed by atoms with Crippen molar-refractivity contribution in [1.29, 1.82) is 0 Å². The van der Waals surface area contributed by atoms with Crippen molar-refractivity contribution in [1.82, 2.24) is 9.80 Å².